The van der Waals surface area contributed by atoms with Crippen LogP contribution in [0.15, 0.2) is 0 Å². The Morgan fingerprint density at radius 2 is 2.06 bits per heavy atom. The first-order valence-corrected chi connectivity index (χ1v) is 5.12. The van der Waals surface area contributed by atoms with E-state index in [2.05, 4.69) is 10.7 Å². The Hall–Kier alpha value is -1.43. The number of rotatable bonds is 3. The normalized spacial score (nSPS) is 22.0. The molecule has 0 aromatic rings. The lowest BCUT2D eigenvalue weighted by molar-refractivity contribution is -0.160. The molecule has 0 aromatic heterocycles. The summed E-state index contributed by atoms with van der Waals surface area (Å²) in [6.45, 7) is 4.60. The molecule has 1 saturated heterocycles. The van der Waals surface area contributed by atoms with E-state index in [1.165, 1.54) is 6.92 Å². The molecule has 2 amide bonds. The molecular formula is C10H17N3O3. The van der Waals surface area contributed by atoms with Gasteiger partial charge in [0, 0.05) is 0 Å². The van der Waals surface area contributed by atoms with Crippen LogP contribution in [0.5, 0.6) is 0 Å². The highest BCUT2D eigenvalue weighted by molar-refractivity contribution is 5.98. The van der Waals surface area contributed by atoms with Crippen molar-refractivity contribution >= 4 is 17.6 Å². The van der Waals surface area contributed by atoms with Crippen LogP contribution < -0.4 is 10.7 Å². The van der Waals surface area contributed by atoms with Crippen molar-refractivity contribution in [3.8, 4) is 0 Å². The second-order valence-electron chi connectivity index (χ2n) is 4.37. The molecule has 0 saturated carbocycles. The van der Waals surface area contributed by atoms with Gasteiger partial charge in [-0.2, -0.15) is 0 Å². The third-order valence-electron chi connectivity index (χ3n) is 2.91. The van der Waals surface area contributed by atoms with E-state index in [1.54, 1.807) is 20.9 Å². The molecule has 0 aromatic carbocycles. The van der Waals surface area contributed by atoms with Crippen LogP contribution in [-0.2, 0) is 14.4 Å². The van der Waals surface area contributed by atoms with E-state index in [1.807, 2.05) is 0 Å². The minimum absolute atomic E-state index is 0.0970. The molecule has 0 radical (unpaired) electrons. The lowest BCUT2D eigenvalue weighted by Crippen LogP contribution is -2.67. The van der Waals surface area contributed by atoms with E-state index >= 15 is 0 Å². The fourth-order valence-corrected chi connectivity index (χ4v) is 1.45. The van der Waals surface area contributed by atoms with Gasteiger partial charge in [-0.15, -0.1) is 0 Å². The Balaban J connectivity index is 2.99. The topological polar surface area (TPSA) is 78.5 Å². The van der Waals surface area contributed by atoms with Crippen LogP contribution in [0.1, 0.15) is 27.2 Å². The van der Waals surface area contributed by atoms with Crippen molar-refractivity contribution < 1.29 is 14.4 Å². The molecule has 6 heteroatoms. The van der Waals surface area contributed by atoms with Crippen LogP contribution >= 0.6 is 0 Å². The number of hydrogen-bond donors (Lipinski definition) is 2. The molecule has 0 aliphatic carbocycles. The van der Waals surface area contributed by atoms with Gasteiger partial charge in [0.15, 0.2) is 5.78 Å². The van der Waals surface area contributed by atoms with E-state index in [0.717, 1.165) is 5.01 Å². The molecule has 16 heavy (non-hydrogen) atoms. The Morgan fingerprint density at radius 3 is 2.50 bits per heavy atom. The first-order chi connectivity index (χ1) is 7.30. The van der Waals surface area contributed by atoms with E-state index in [0.29, 0.717) is 0 Å². The molecule has 2 N–H and O–H groups in total. The third-order valence-corrected chi connectivity index (χ3v) is 2.91. The van der Waals surface area contributed by atoms with Crippen LogP contribution in [0.3, 0.4) is 0 Å². The molecule has 0 spiro atoms. The van der Waals surface area contributed by atoms with Gasteiger partial charge in [-0.25, -0.2) is 5.01 Å². The molecule has 6 nitrogen and oxygen atoms in total. The number of likely N-dealkylation sites (N-methyl/N-ethyl adjacent to an activating group) is 1. The van der Waals surface area contributed by atoms with Gasteiger partial charge in [-0.3, -0.25) is 19.8 Å². The summed E-state index contributed by atoms with van der Waals surface area (Å²) in [6, 6.07) is -0.563. The van der Waals surface area contributed by atoms with Crippen molar-refractivity contribution in [2.24, 2.45) is 0 Å². The molecule has 1 atom stereocenters. The predicted molar refractivity (Wildman–Crippen MR) is 57.2 cm³/mol. The lowest BCUT2D eigenvalue weighted by atomic mass is 9.97. The zero-order valence-corrected chi connectivity index (χ0v) is 9.96. The van der Waals surface area contributed by atoms with Gasteiger partial charge in [0.1, 0.15) is 5.54 Å². The summed E-state index contributed by atoms with van der Waals surface area (Å²) in [5.74, 6) is -0.742. The number of hydrogen-bond acceptors (Lipinski definition) is 4. The first kappa shape index (κ1) is 12.6. The molecule has 1 heterocycles. The smallest absolute Gasteiger partial charge is 0.259 e. The van der Waals surface area contributed by atoms with Gasteiger partial charge in [-0.1, -0.05) is 0 Å². The monoisotopic (exact) mass is 227 g/mol. The van der Waals surface area contributed by atoms with E-state index in [4.69, 9.17) is 0 Å². The van der Waals surface area contributed by atoms with Gasteiger partial charge >= 0.3 is 0 Å². The molecular weight excluding hydrogens is 210 g/mol. The summed E-state index contributed by atoms with van der Waals surface area (Å²) in [7, 11) is 1.61. The van der Waals surface area contributed by atoms with Crippen molar-refractivity contribution in [1.82, 2.24) is 15.8 Å². The van der Waals surface area contributed by atoms with Crippen molar-refractivity contribution in [2.75, 3.05) is 7.05 Å². The average molecular weight is 227 g/mol. The van der Waals surface area contributed by atoms with Gasteiger partial charge in [-0.05, 0) is 27.8 Å². The number of ketones is 1. The minimum Gasteiger partial charge on any atom is -0.308 e. The number of nitrogens with one attached hydrogen (secondary N) is 2. The van der Waals surface area contributed by atoms with Crippen molar-refractivity contribution in [1.29, 1.82) is 0 Å². The maximum Gasteiger partial charge on any atom is 0.259 e. The fraction of sp³-hybridized carbons (Fsp3) is 0.700. The summed E-state index contributed by atoms with van der Waals surface area (Å²) < 4.78 is 0. The lowest BCUT2D eigenvalue weighted by Gasteiger charge is -2.41. The fourth-order valence-electron chi connectivity index (χ4n) is 1.45. The van der Waals surface area contributed by atoms with E-state index in [-0.39, 0.29) is 24.0 Å². The summed E-state index contributed by atoms with van der Waals surface area (Å²) in [5, 5.41) is 3.88. The Kier molecular flexibility index (Phi) is 3.32. The second-order valence-corrected chi connectivity index (χ2v) is 4.37. The number of nitrogens with zero attached hydrogens (tertiary/aromatic N) is 1. The number of carbonyl (C=O) groups excluding carboxylic acids is 3. The molecule has 1 rings (SSSR count). The number of carbonyl (C=O) groups is 3. The summed E-state index contributed by atoms with van der Waals surface area (Å²) in [4.78, 5) is 34.8. The maximum absolute atomic E-state index is 11.9. The zero-order valence-electron chi connectivity index (χ0n) is 9.96. The van der Waals surface area contributed by atoms with E-state index in [9.17, 15) is 14.4 Å². The molecule has 1 fully saturated rings. The first-order valence-electron chi connectivity index (χ1n) is 5.12. The second kappa shape index (κ2) is 4.21. The number of amides is 2. The third kappa shape index (κ3) is 2.06. The zero-order chi connectivity index (χ0) is 12.5. The molecule has 90 valence electrons. The Bertz CT molecular complexity index is 338. The van der Waals surface area contributed by atoms with Gasteiger partial charge in [0.2, 0.25) is 5.91 Å². The average Bonchev–Trinajstić information content (AvgIpc) is 2.20. The Labute approximate surface area is 94.3 Å². The van der Waals surface area contributed by atoms with Crippen LogP contribution in [0.2, 0.25) is 0 Å². The van der Waals surface area contributed by atoms with Crippen LogP contribution in [0.25, 0.3) is 0 Å². The highest BCUT2D eigenvalue weighted by atomic mass is 16.2. The van der Waals surface area contributed by atoms with Gasteiger partial charge < -0.3 is 5.32 Å². The SMILES string of the molecule is CN[C@@H]1CC(=O)NN(C(C)(C)C(C)=O)C1=O. The van der Waals surface area contributed by atoms with Crippen molar-refractivity contribution in [2.45, 2.75) is 38.8 Å². The van der Waals surface area contributed by atoms with Crippen LogP contribution in [-0.4, -0.2) is 41.2 Å². The number of Topliss-reactive ketones (excluding diaryl/α,β-unsaturated/α-hetero) is 1. The van der Waals surface area contributed by atoms with Crippen LogP contribution in [0, 0.1) is 0 Å². The van der Waals surface area contributed by atoms with E-state index < -0.39 is 11.6 Å². The predicted octanol–water partition coefficient (Wildman–Crippen LogP) is -0.794. The summed E-state index contributed by atoms with van der Waals surface area (Å²) in [6.07, 6.45) is 0.0970. The van der Waals surface area contributed by atoms with Crippen molar-refractivity contribution in [3.63, 3.8) is 0 Å². The molecule has 0 bridgehead atoms. The quantitative estimate of drug-likeness (QED) is 0.662. The minimum atomic E-state index is -1.03. The summed E-state index contributed by atoms with van der Waals surface area (Å²) in [5.41, 5.74) is 1.41. The number of hydrazine groups is 1. The van der Waals surface area contributed by atoms with Gasteiger partial charge in [0.25, 0.3) is 5.91 Å². The molecule has 1 aliphatic heterocycles. The van der Waals surface area contributed by atoms with Crippen molar-refractivity contribution in [3.05, 3.63) is 0 Å². The largest absolute Gasteiger partial charge is 0.308 e. The maximum atomic E-state index is 11.9. The highest BCUT2D eigenvalue weighted by Gasteiger charge is 2.42. The molecule has 1 aliphatic rings. The van der Waals surface area contributed by atoms with Crippen LogP contribution in [0.4, 0.5) is 0 Å². The molecule has 0 unspecified atom stereocenters. The highest BCUT2D eigenvalue weighted by Crippen LogP contribution is 2.18. The Morgan fingerprint density at radius 1 is 1.50 bits per heavy atom. The summed E-state index contributed by atoms with van der Waals surface area (Å²) >= 11 is 0. The van der Waals surface area contributed by atoms with Gasteiger partial charge in [0.05, 0.1) is 12.5 Å². The standard InChI is InChI=1S/C10H17N3O3/c1-6(14)10(2,3)13-9(16)7(11-4)5-8(15)12-13/h7,11H,5H2,1-4H3,(H,12,15)/t7-/m1/s1.